The van der Waals surface area contributed by atoms with Crippen molar-refractivity contribution < 1.29 is 29.9 Å². The average Bonchev–Trinajstić information content (AvgIpc) is 3.25. The molecular formula is C53H60O6. The van der Waals surface area contributed by atoms with Gasteiger partial charge in [-0.2, -0.15) is 0 Å². The smallest absolute Gasteiger partial charge is 0.382 e. The van der Waals surface area contributed by atoms with Gasteiger partial charge in [0.25, 0.3) is 0 Å². The van der Waals surface area contributed by atoms with Crippen LogP contribution in [-0.2, 0) is 21.7 Å². The second-order valence-corrected chi connectivity index (χ2v) is 17.9. The number of rotatable bonds is 16. The van der Waals surface area contributed by atoms with Crippen LogP contribution in [-0.4, -0.2) is 46.2 Å². The summed E-state index contributed by atoms with van der Waals surface area (Å²) in [6, 6.07) is 52.4. The molecule has 0 spiro atoms. The molecule has 0 atom stereocenters. The Hall–Kier alpha value is -5.24. The first-order valence-electron chi connectivity index (χ1n) is 20.4. The van der Waals surface area contributed by atoms with Crippen molar-refractivity contribution in [1.82, 2.24) is 0 Å². The number of hydrogen-bond donors (Lipinski definition) is 4. The molecule has 0 unspecified atom stereocenters. The SMILES string of the molecule is CC(C)(c1ccccc1)c1ccc(OC(O)(Oc2ccc(C(C)(C)c3ccccc3)cc2C(C)(C)c2ccccc2)C(CO)(CO)CO)c(C(C)(C)c2ccccc2)c1. The van der Waals surface area contributed by atoms with Gasteiger partial charge in [0.15, 0.2) is 0 Å². The standard InChI is InChI=1S/C53H60O6/c1-48(2,38-21-13-9-14-22-38)42-29-31-46(44(33-42)50(5,6)40-25-17-11-18-26-40)58-53(57,52(35-54,36-55)37-56)59-47-32-30-43(49(3,4)39-23-15-10-16-24-39)34-45(47)51(7,8)41-27-19-12-20-28-41/h9-34,54-57H,35-37H2,1-8H3. The summed E-state index contributed by atoms with van der Waals surface area (Å²) in [7, 11) is 0. The molecule has 308 valence electrons. The van der Waals surface area contributed by atoms with Gasteiger partial charge in [0.1, 0.15) is 16.9 Å². The molecule has 6 rings (SSSR count). The van der Waals surface area contributed by atoms with Gasteiger partial charge in [-0.3, -0.25) is 0 Å². The van der Waals surface area contributed by atoms with Gasteiger partial charge < -0.3 is 29.9 Å². The maximum atomic E-state index is 13.0. The van der Waals surface area contributed by atoms with E-state index in [-0.39, 0.29) is 11.5 Å². The highest BCUT2D eigenvalue weighted by Crippen LogP contribution is 2.47. The van der Waals surface area contributed by atoms with E-state index in [1.165, 1.54) is 0 Å². The summed E-state index contributed by atoms with van der Waals surface area (Å²) in [6.07, 6.45) is 0. The van der Waals surface area contributed by atoms with Crippen LogP contribution in [0.4, 0.5) is 0 Å². The van der Waals surface area contributed by atoms with Gasteiger partial charge in [0, 0.05) is 32.8 Å². The van der Waals surface area contributed by atoms with E-state index < -0.39 is 52.9 Å². The minimum atomic E-state index is -2.79. The van der Waals surface area contributed by atoms with Crippen molar-refractivity contribution in [2.24, 2.45) is 5.41 Å². The molecule has 6 aromatic carbocycles. The Morgan fingerprint density at radius 3 is 0.898 bits per heavy atom. The second kappa shape index (κ2) is 16.8. The lowest BCUT2D eigenvalue weighted by Gasteiger charge is -2.44. The molecule has 0 radical (unpaired) electrons. The first-order chi connectivity index (χ1) is 28.0. The van der Waals surface area contributed by atoms with Crippen LogP contribution in [0.15, 0.2) is 158 Å². The topological polar surface area (TPSA) is 99.4 Å². The zero-order valence-corrected chi connectivity index (χ0v) is 35.7. The maximum Gasteiger partial charge on any atom is 0.382 e. The second-order valence-electron chi connectivity index (χ2n) is 17.9. The van der Waals surface area contributed by atoms with E-state index in [0.29, 0.717) is 0 Å². The van der Waals surface area contributed by atoms with Gasteiger partial charge in [-0.05, 0) is 45.5 Å². The zero-order valence-electron chi connectivity index (χ0n) is 35.7. The van der Waals surface area contributed by atoms with Crippen LogP contribution in [0.2, 0.25) is 0 Å². The van der Waals surface area contributed by atoms with Crippen molar-refractivity contribution in [2.75, 3.05) is 19.8 Å². The van der Waals surface area contributed by atoms with Crippen molar-refractivity contribution in [3.05, 3.63) is 202 Å². The third-order valence-electron chi connectivity index (χ3n) is 12.8. The van der Waals surface area contributed by atoms with Crippen LogP contribution in [0, 0.1) is 5.41 Å². The fourth-order valence-electron chi connectivity index (χ4n) is 8.04. The van der Waals surface area contributed by atoms with Crippen LogP contribution in [0.3, 0.4) is 0 Å². The Morgan fingerprint density at radius 2 is 0.627 bits per heavy atom. The van der Waals surface area contributed by atoms with E-state index in [1.807, 2.05) is 97.1 Å². The number of aliphatic hydroxyl groups excluding tert-OH is 3. The van der Waals surface area contributed by atoms with Gasteiger partial charge >= 0.3 is 5.97 Å². The van der Waals surface area contributed by atoms with Crippen molar-refractivity contribution in [1.29, 1.82) is 0 Å². The van der Waals surface area contributed by atoms with E-state index in [2.05, 4.69) is 116 Å². The van der Waals surface area contributed by atoms with Gasteiger partial charge in [-0.15, -0.1) is 0 Å². The summed E-state index contributed by atoms with van der Waals surface area (Å²) in [5, 5.41) is 46.0. The number of hydrogen-bond acceptors (Lipinski definition) is 6. The molecule has 59 heavy (non-hydrogen) atoms. The summed E-state index contributed by atoms with van der Waals surface area (Å²) in [4.78, 5) is 0. The first kappa shape index (κ1) is 43.3. The van der Waals surface area contributed by atoms with Gasteiger partial charge in [0.2, 0.25) is 0 Å². The van der Waals surface area contributed by atoms with Gasteiger partial charge in [0.05, 0.1) is 19.8 Å². The molecule has 0 aliphatic heterocycles. The monoisotopic (exact) mass is 792 g/mol. The normalized spacial score (nSPS) is 12.9. The van der Waals surface area contributed by atoms with E-state index in [4.69, 9.17) is 9.47 Å². The molecule has 0 fully saturated rings. The van der Waals surface area contributed by atoms with Crippen LogP contribution < -0.4 is 9.47 Å². The molecule has 0 aromatic heterocycles. The minimum Gasteiger partial charge on any atom is -0.429 e. The number of aliphatic hydroxyl groups is 4. The van der Waals surface area contributed by atoms with Crippen LogP contribution in [0.1, 0.15) is 99.9 Å². The average molecular weight is 793 g/mol. The minimum absolute atomic E-state index is 0.263. The molecule has 0 saturated carbocycles. The molecule has 6 aromatic rings. The maximum absolute atomic E-state index is 13.0. The highest BCUT2D eigenvalue weighted by Gasteiger charge is 2.57. The third-order valence-corrected chi connectivity index (χ3v) is 12.8. The van der Waals surface area contributed by atoms with Crippen LogP contribution >= 0.6 is 0 Å². The van der Waals surface area contributed by atoms with Gasteiger partial charge in [-0.25, -0.2) is 0 Å². The van der Waals surface area contributed by atoms with E-state index in [9.17, 15) is 20.4 Å². The molecule has 6 nitrogen and oxygen atoms in total. The fourth-order valence-corrected chi connectivity index (χ4v) is 8.04. The highest BCUT2D eigenvalue weighted by molar-refractivity contribution is 5.53. The van der Waals surface area contributed by atoms with Gasteiger partial charge in [-0.1, -0.05) is 201 Å². The Bertz CT molecular complexity index is 2130. The third kappa shape index (κ3) is 8.20. The highest BCUT2D eigenvalue weighted by atomic mass is 16.8. The summed E-state index contributed by atoms with van der Waals surface area (Å²) in [6.45, 7) is 14.5. The Balaban J connectivity index is 1.56. The predicted octanol–water partition coefficient (Wildman–Crippen LogP) is 10.1. The van der Waals surface area contributed by atoms with E-state index in [0.717, 1.165) is 44.5 Å². The molecule has 0 amide bonds. The van der Waals surface area contributed by atoms with E-state index >= 15 is 0 Å². The summed E-state index contributed by atoms with van der Waals surface area (Å²) < 4.78 is 13.5. The van der Waals surface area contributed by atoms with Crippen molar-refractivity contribution in [2.45, 2.75) is 83.0 Å². The summed E-state index contributed by atoms with van der Waals surface area (Å²) in [5.74, 6) is -2.26. The Morgan fingerprint density at radius 1 is 0.356 bits per heavy atom. The van der Waals surface area contributed by atoms with Crippen molar-refractivity contribution >= 4 is 0 Å². The first-order valence-corrected chi connectivity index (χ1v) is 20.4. The number of ether oxygens (including phenoxy) is 2. The van der Waals surface area contributed by atoms with E-state index in [1.54, 1.807) is 0 Å². The largest absolute Gasteiger partial charge is 0.429 e. The zero-order chi connectivity index (χ0) is 42.7. The lowest BCUT2D eigenvalue weighted by molar-refractivity contribution is -0.357. The van der Waals surface area contributed by atoms with Crippen molar-refractivity contribution in [3.8, 4) is 11.5 Å². The summed E-state index contributed by atoms with van der Waals surface area (Å²) in [5.41, 5.74) is 3.51. The molecule has 0 bridgehead atoms. The molecule has 0 saturated heterocycles. The predicted molar refractivity (Wildman–Crippen MR) is 237 cm³/mol. The lowest BCUT2D eigenvalue weighted by Crippen LogP contribution is -2.63. The molecule has 6 heteroatoms. The quantitative estimate of drug-likeness (QED) is 0.0729. The van der Waals surface area contributed by atoms with Crippen LogP contribution in [0.5, 0.6) is 11.5 Å². The summed E-state index contributed by atoms with van der Waals surface area (Å²) >= 11 is 0. The lowest BCUT2D eigenvalue weighted by atomic mass is 9.73. The van der Waals surface area contributed by atoms with Crippen molar-refractivity contribution in [3.63, 3.8) is 0 Å². The Kier molecular flexibility index (Phi) is 12.3. The Labute approximate surface area is 350 Å². The molecule has 0 aliphatic carbocycles. The molecule has 0 heterocycles. The molecular weight excluding hydrogens is 733 g/mol. The number of benzene rings is 6. The molecule has 4 N–H and O–H groups in total. The fraction of sp³-hybridized carbons (Fsp3) is 0.321. The molecule has 0 aliphatic rings. The van der Waals surface area contributed by atoms with Crippen LogP contribution in [0.25, 0.3) is 0 Å².